The minimum Gasteiger partial charge on any atom is -0.456 e. The quantitative estimate of drug-likeness (QED) is 0.441. The van der Waals surface area contributed by atoms with Crippen molar-refractivity contribution in [1.29, 1.82) is 0 Å². The lowest BCUT2D eigenvalue weighted by Gasteiger charge is -2.23. The van der Waals surface area contributed by atoms with E-state index in [1.54, 1.807) is 0 Å². The van der Waals surface area contributed by atoms with E-state index in [4.69, 9.17) is 16.3 Å². The number of halogens is 1. The second kappa shape index (κ2) is 12.1. The lowest BCUT2D eigenvalue weighted by Crippen LogP contribution is -2.41. The van der Waals surface area contributed by atoms with Crippen molar-refractivity contribution in [2.75, 3.05) is 19.6 Å². The molecule has 0 bridgehead atoms. The second-order valence-electron chi connectivity index (χ2n) is 8.43. The molecule has 0 aliphatic carbocycles. The van der Waals surface area contributed by atoms with Crippen molar-refractivity contribution >= 4 is 34.9 Å². The standard InChI is InChI=1S/C24H33ClN2O3S/c1-5-26-23(29)27(15-7-10-18-9-6-11-19(25)17-18)16-8-12-20-13-14-21(31-20)22(28)30-24(2,3)4/h6,9,11,13-14,17H,5,7-8,10,12,15-16H2,1-4H3,(H,26,29). The maximum atomic E-state index is 12.4. The molecule has 0 saturated carbocycles. The third kappa shape index (κ3) is 9.32. The third-order valence-corrected chi connectivity index (χ3v) is 5.87. The minimum atomic E-state index is -0.501. The monoisotopic (exact) mass is 464 g/mol. The van der Waals surface area contributed by atoms with Crippen LogP contribution in [0, 0.1) is 0 Å². The van der Waals surface area contributed by atoms with E-state index in [-0.39, 0.29) is 12.0 Å². The molecule has 170 valence electrons. The van der Waals surface area contributed by atoms with E-state index in [9.17, 15) is 9.59 Å². The molecular formula is C24H33ClN2O3S. The Labute approximate surface area is 194 Å². The molecule has 2 rings (SSSR count). The van der Waals surface area contributed by atoms with Crippen LogP contribution in [0.3, 0.4) is 0 Å². The van der Waals surface area contributed by atoms with Gasteiger partial charge in [-0.1, -0.05) is 23.7 Å². The molecule has 1 aromatic heterocycles. The fraction of sp³-hybridized carbons (Fsp3) is 0.500. The molecule has 5 nitrogen and oxygen atoms in total. The largest absolute Gasteiger partial charge is 0.456 e. The van der Waals surface area contributed by atoms with E-state index in [0.29, 0.717) is 24.5 Å². The van der Waals surface area contributed by atoms with Crippen LogP contribution in [0.2, 0.25) is 5.02 Å². The smallest absolute Gasteiger partial charge is 0.348 e. The summed E-state index contributed by atoms with van der Waals surface area (Å²) in [4.78, 5) is 28.2. The molecule has 1 N–H and O–H groups in total. The Morgan fingerprint density at radius 2 is 1.81 bits per heavy atom. The van der Waals surface area contributed by atoms with Gasteiger partial charge in [0.05, 0.1) is 0 Å². The van der Waals surface area contributed by atoms with Gasteiger partial charge in [0, 0.05) is 29.5 Å². The molecule has 0 spiro atoms. The molecule has 0 unspecified atom stereocenters. The molecule has 0 saturated heterocycles. The van der Waals surface area contributed by atoms with Crippen molar-refractivity contribution in [3.8, 4) is 0 Å². The first-order valence-electron chi connectivity index (χ1n) is 10.8. The highest BCUT2D eigenvalue weighted by molar-refractivity contribution is 7.13. The molecule has 7 heteroatoms. The van der Waals surface area contributed by atoms with E-state index < -0.39 is 5.60 Å². The Hall–Kier alpha value is -2.05. The van der Waals surface area contributed by atoms with Crippen LogP contribution in [0.5, 0.6) is 0 Å². The van der Waals surface area contributed by atoms with Crippen molar-refractivity contribution in [1.82, 2.24) is 10.2 Å². The number of amides is 2. The van der Waals surface area contributed by atoms with Gasteiger partial charge < -0.3 is 15.0 Å². The summed E-state index contributed by atoms with van der Waals surface area (Å²) in [5.74, 6) is -0.284. The van der Waals surface area contributed by atoms with Crippen LogP contribution in [0.1, 0.15) is 60.6 Å². The zero-order valence-corrected chi connectivity index (χ0v) is 20.4. The van der Waals surface area contributed by atoms with E-state index >= 15 is 0 Å². The van der Waals surface area contributed by atoms with Gasteiger partial charge in [-0.25, -0.2) is 9.59 Å². The molecule has 0 aliphatic rings. The first-order chi connectivity index (χ1) is 14.7. The number of ether oxygens (including phenoxy) is 1. The summed E-state index contributed by atoms with van der Waals surface area (Å²) in [6.45, 7) is 9.47. The highest BCUT2D eigenvalue weighted by Crippen LogP contribution is 2.21. The number of esters is 1. The number of nitrogens with one attached hydrogen (secondary N) is 1. The van der Waals surface area contributed by atoms with E-state index in [2.05, 4.69) is 11.4 Å². The zero-order valence-electron chi connectivity index (χ0n) is 18.9. The van der Waals surface area contributed by atoms with Crippen LogP contribution in [0.4, 0.5) is 4.79 Å². The Kier molecular flexibility index (Phi) is 9.85. The highest BCUT2D eigenvalue weighted by atomic mass is 35.5. The van der Waals surface area contributed by atoms with Crippen molar-refractivity contribution in [3.05, 3.63) is 56.7 Å². The van der Waals surface area contributed by atoms with Crippen LogP contribution in [-0.2, 0) is 17.6 Å². The molecule has 0 aliphatic heterocycles. The first kappa shape index (κ1) is 25.2. The number of hydrogen-bond donors (Lipinski definition) is 1. The first-order valence-corrected chi connectivity index (χ1v) is 12.0. The van der Waals surface area contributed by atoms with Gasteiger partial charge in [-0.2, -0.15) is 0 Å². The number of nitrogens with zero attached hydrogens (tertiary/aromatic N) is 1. The number of carbonyl (C=O) groups excluding carboxylic acids is 2. The number of benzene rings is 1. The normalized spacial score (nSPS) is 11.3. The minimum absolute atomic E-state index is 0.0331. The van der Waals surface area contributed by atoms with Crippen LogP contribution in [0.25, 0.3) is 0 Å². The van der Waals surface area contributed by atoms with Gasteiger partial charge in [0.1, 0.15) is 10.5 Å². The summed E-state index contributed by atoms with van der Waals surface area (Å²) in [6.07, 6.45) is 3.40. The zero-order chi connectivity index (χ0) is 22.9. The summed E-state index contributed by atoms with van der Waals surface area (Å²) in [7, 11) is 0. The van der Waals surface area contributed by atoms with Gasteiger partial charge in [0.2, 0.25) is 0 Å². The van der Waals surface area contributed by atoms with Crippen LogP contribution in [0.15, 0.2) is 36.4 Å². The number of hydrogen-bond acceptors (Lipinski definition) is 4. The molecule has 0 radical (unpaired) electrons. The number of urea groups is 1. The van der Waals surface area contributed by atoms with E-state index in [1.165, 1.54) is 16.9 Å². The number of thiophene rings is 1. The molecule has 1 aromatic carbocycles. The summed E-state index contributed by atoms with van der Waals surface area (Å²) in [5.41, 5.74) is 0.677. The fourth-order valence-electron chi connectivity index (χ4n) is 3.14. The molecule has 0 atom stereocenters. The summed E-state index contributed by atoms with van der Waals surface area (Å²) in [6, 6.07) is 11.6. The topological polar surface area (TPSA) is 58.6 Å². The Bertz CT molecular complexity index is 861. The lowest BCUT2D eigenvalue weighted by molar-refractivity contribution is 0.00752. The van der Waals surface area contributed by atoms with E-state index in [1.807, 2.05) is 62.9 Å². The van der Waals surface area contributed by atoms with Crippen molar-refractivity contribution in [3.63, 3.8) is 0 Å². The summed E-state index contributed by atoms with van der Waals surface area (Å²) >= 11 is 7.52. The van der Waals surface area contributed by atoms with Crippen LogP contribution < -0.4 is 5.32 Å². The molecule has 2 aromatic rings. The molecule has 0 fully saturated rings. The third-order valence-electron chi connectivity index (χ3n) is 4.51. The summed E-state index contributed by atoms with van der Waals surface area (Å²) < 4.78 is 5.43. The average Bonchev–Trinajstić information content (AvgIpc) is 3.15. The molecule has 1 heterocycles. The van der Waals surface area contributed by atoms with Gasteiger partial charge >= 0.3 is 12.0 Å². The maximum absolute atomic E-state index is 12.4. The Balaban J connectivity index is 1.84. The van der Waals surface area contributed by atoms with Crippen LogP contribution in [-0.4, -0.2) is 42.1 Å². The van der Waals surface area contributed by atoms with Gasteiger partial charge in [-0.15, -0.1) is 11.3 Å². The van der Waals surface area contributed by atoms with Gasteiger partial charge in [-0.05, 0) is 83.2 Å². The number of carbonyl (C=O) groups is 2. The Morgan fingerprint density at radius 1 is 1.10 bits per heavy atom. The predicted molar refractivity (Wildman–Crippen MR) is 128 cm³/mol. The molecule has 31 heavy (non-hydrogen) atoms. The van der Waals surface area contributed by atoms with Crippen LogP contribution >= 0.6 is 22.9 Å². The second-order valence-corrected chi connectivity index (χ2v) is 10.0. The molecule has 2 amide bonds. The lowest BCUT2D eigenvalue weighted by atomic mass is 10.1. The fourth-order valence-corrected chi connectivity index (χ4v) is 4.28. The van der Waals surface area contributed by atoms with Gasteiger partial charge in [0.25, 0.3) is 0 Å². The van der Waals surface area contributed by atoms with Gasteiger partial charge in [0.15, 0.2) is 0 Å². The van der Waals surface area contributed by atoms with Crippen molar-refractivity contribution in [2.24, 2.45) is 0 Å². The van der Waals surface area contributed by atoms with Crippen molar-refractivity contribution < 1.29 is 14.3 Å². The number of rotatable bonds is 10. The number of aryl methyl sites for hydroxylation is 2. The highest BCUT2D eigenvalue weighted by Gasteiger charge is 2.19. The maximum Gasteiger partial charge on any atom is 0.348 e. The van der Waals surface area contributed by atoms with Gasteiger partial charge in [-0.3, -0.25) is 0 Å². The molecular weight excluding hydrogens is 432 g/mol. The SMILES string of the molecule is CCNC(=O)N(CCCc1cccc(Cl)c1)CCCc1ccc(C(=O)OC(C)(C)C)s1. The van der Waals surface area contributed by atoms with E-state index in [0.717, 1.165) is 35.6 Å². The Morgan fingerprint density at radius 3 is 2.45 bits per heavy atom. The average molecular weight is 465 g/mol. The van der Waals surface area contributed by atoms with Crippen molar-refractivity contribution in [2.45, 2.75) is 59.0 Å². The predicted octanol–water partition coefficient (Wildman–Crippen LogP) is 5.95. The summed E-state index contributed by atoms with van der Waals surface area (Å²) in [5, 5.41) is 3.64.